The van der Waals surface area contributed by atoms with Gasteiger partial charge in [-0.2, -0.15) is 0 Å². The number of para-hydroxylation sites is 2. The number of hydrogen-bond donors (Lipinski definition) is 1. The Morgan fingerprint density at radius 1 is 0.905 bits per heavy atom. The molecule has 9 heteroatoms. The average molecular weight is 585 g/mol. The van der Waals surface area contributed by atoms with Crippen LogP contribution in [0.15, 0.2) is 91.1 Å². The molecule has 2 heterocycles. The first kappa shape index (κ1) is 29.0. The second-order valence-corrected chi connectivity index (χ2v) is 10.4. The molecule has 4 aromatic rings. The molecule has 0 bridgehead atoms. The maximum atomic E-state index is 14.3. The zero-order valence-corrected chi connectivity index (χ0v) is 24.4. The fourth-order valence-corrected chi connectivity index (χ4v) is 5.30. The highest BCUT2D eigenvalue weighted by Gasteiger charge is 2.37. The Bertz CT molecular complexity index is 1570. The molecule has 0 fully saturated rings. The first-order valence-corrected chi connectivity index (χ1v) is 14.5. The van der Waals surface area contributed by atoms with E-state index in [0.717, 1.165) is 35.5 Å². The molecule has 1 N–H and O–H groups in total. The molecule has 0 aliphatic carbocycles. The Balaban J connectivity index is 1.43. The summed E-state index contributed by atoms with van der Waals surface area (Å²) in [4.78, 5) is 43.1. The van der Waals surface area contributed by atoms with E-state index in [4.69, 9.17) is 16.3 Å². The molecule has 1 aromatic heterocycles. The predicted molar refractivity (Wildman–Crippen MR) is 164 cm³/mol. The molecule has 5 rings (SSSR count). The number of nitrogens with one attached hydrogen (secondary N) is 1. The van der Waals surface area contributed by atoms with Crippen LogP contribution in [0, 0.1) is 0 Å². The number of esters is 1. The smallest absolute Gasteiger partial charge is 0.338 e. The Morgan fingerprint density at radius 2 is 1.62 bits per heavy atom. The van der Waals surface area contributed by atoms with E-state index < -0.39 is 18.0 Å². The first-order chi connectivity index (χ1) is 20.4. The van der Waals surface area contributed by atoms with Gasteiger partial charge in [-0.05, 0) is 79.6 Å². The van der Waals surface area contributed by atoms with Gasteiger partial charge >= 0.3 is 12.0 Å². The van der Waals surface area contributed by atoms with Crippen LogP contribution in [-0.2, 0) is 9.53 Å². The van der Waals surface area contributed by atoms with Crippen molar-refractivity contribution < 1.29 is 19.1 Å². The van der Waals surface area contributed by atoms with Crippen LogP contribution in [0.1, 0.15) is 54.3 Å². The van der Waals surface area contributed by atoms with Crippen molar-refractivity contribution in [3.63, 3.8) is 0 Å². The maximum absolute atomic E-state index is 14.3. The van der Waals surface area contributed by atoms with E-state index >= 15 is 0 Å². The largest absolute Gasteiger partial charge is 0.462 e. The SMILES string of the molecule is CCCCN(CC(=O)N1c2ccccc2-n2cccc2[C@@H]1c1ccc(Cl)cc1)C(=O)Nc1ccc(C(=O)OCC)cc1. The molecule has 1 aliphatic heterocycles. The van der Waals surface area contributed by atoms with Crippen LogP contribution in [0.5, 0.6) is 0 Å². The average Bonchev–Trinajstić information content (AvgIpc) is 3.49. The van der Waals surface area contributed by atoms with Gasteiger partial charge in [-0.15, -0.1) is 0 Å². The lowest BCUT2D eigenvalue weighted by Gasteiger charge is -2.39. The third-order valence-electron chi connectivity index (χ3n) is 7.22. The lowest BCUT2D eigenvalue weighted by Crippen LogP contribution is -2.48. The van der Waals surface area contributed by atoms with Crippen LogP contribution in [0.25, 0.3) is 5.69 Å². The van der Waals surface area contributed by atoms with Gasteiger partial charge in [-0.3, -0.25) is 9.69 Å². The van der Waals surface area contributed by atoms with Gasteiger partial charge in [0, 0.05) is 23.5 Å². The molecule has 0 saturated heterocycles. The molecule has 0 spiro atoms. The number of rotatable bonds is 9. The van der Waals surface area contributed by atoms with Crippen molar-refractivity contribution in [2.45, 2.75) is 32.7 Å². The molecule has 1 aliphatic rings. The van der Waals surface area contributed by atoms with Crippen molar-refractivity contribution in [2.24, 2.45) is 0 Å². The molecular weight excluding hydrogens is 552 g/mol. The van der Waals surface area contributed by atoms with Crippen molar-refractivity contribution in [3.8, 4) is 5.69 Å². The first-order valence-electron chi connectivity index (χ1n) is 14.1. The van der Waals surface area contributed by atoms with E-state index in [2.05, 4.69) is 9.88 Å². The van der Waals surface area contributed by atoms with Gasteiger partial charge in [0.1, 0.15) is 12.6 Å². The molecule has 42 heavy (non-hydrogen) atoms. The molecular formula is C33H33ClN4O4. The van der Waals surface area contributed by atoms with E-state index in [1.54, 1.807) is 41.0 Å². The minimum absolute atomic E-state index is 0.119. The van der Waals surface area contributed by atoms with Crippen molar-refractivity contribution in [1.82, 2.24) is 9.47 Å². The standard InChI is InChI=1S/C33H33ClN4O4/c1-3-5-20-36(33(41)35-26-18-14-24(15-19-26)32(40)42-4-2)22-30(39)38-28-10-7-6-9-27(28)37-21-8-11-29(37)31(38)23-12-16-25(34)17-13-23/h6-19,21,31H,3-5,20,22H2,1-2H3,(H,35,41)/t31-/m0/s1. The Hall–Kier alpha value is -4.56. The number of hydrogen-bond acceptors (Lipinski definition) is 4. The van der Waals surface area contributed by atoms with E-state index in [1.807, 2.05) is 73.8 Å². The van der Waals surface area contributed by atoms with Gasteiger partial charge in [0.2, 0.25) is 5.91 Å². The Morgan fingerprint density at radius 3 is 2.31 bits per heavy atom. The third kappa shape index (κ3) is 6.04. The van der Waals surface area contributed by atoms with Crippen LogP contribution >= 0.6 is 11.6 Å². The number of fused-ring (bicyclic) bond motifs is 3. The second-order valence-electron chi connectivity index (χ2n) is 10.0. The summed E-state index contributed by atoms with van der Waals surface area (Å²) < 4.78 is 7.13. The Kier molecular flexibility index (Phi) is 8.93. The number of carbonyl (C=O) groups is 3. The van der Waals surface area contributed by atoms with Crippen molar-refractivity contribution in [1.29, 1.82) is 0 Å². The summed E-state index contributed by atoms with van der Waals surface area (Å²) in [6.45, 7) is 4.36. The zero-order valence-electron chi connectivity index (χ0n) is 23.6. The number of benzene rings is 3. The van der Waals surface area contributed by atoms with Gasteiger partial charge in [0.25, 0.3) is 0 Å². The van der Waals surface area contributed by atoms with Crippen LogP contribution in [-0.4, -0.2) is 47.1 Å². The van der Waals surface area contributed by atoms with Crippen molar-refractivity contribution in [3.05, 3.63) is 113 Å². The fourth-order valence-electron chi connectivity index (χ4n) is 5.17. The fraction of sp³-hybridized carbons (Fsp3) is 0.242. The number of unbranched alkanes of at least 4 members (excludes halogenated alkanes) is 1. The number of carbonyl (C=O) groups excluding carboxylic acids is 3. The van der Waals surface area contributed by atoms with Gasteiger partial charge in [0.15, 0.2) is 0 Å². The number of halogens is 1. The van der Waals surface area contributed by atoms with Crippen LogP contribution in [0.2, 0.25) is 5.02 Å². The predicted octanol–water partition coefficient (Wildman–Crippen LogP) is 7.08. The summed E-state index contributed by atoms with van der Waals surface area (Å²) in [7, 11) is 0. The monoisotopic (exact) mass is 584 g/mol. The summed E-state index contributed by atoms with van der Waals surface area (Å²) in [5, 5.41) is 3.49. The highest BCUT2D eigenvalue weighted by molar-refractivity contribution is 6.30. The summed E-state index contributed by atoms with van der Waals surface area (Å²) in [6, 6.07) is 25.0. The molecule has 216 valence electrons. The summed E-state index contributed by atoms with van der Waals surface area (Å²) >= 11 is 6.21. The highest BCUT2D eigenvalue weighted by atomic mass is 35.5. The van der Waals surface area contributed by atoms with Gasteiger partial charge in [-0.25, -0.2) is 9.59 Å². The summed E-state index contributed by atoms with van der Waals surface area (Å²) in [6.07, 6.45) is 3.59. The van der Waals surface area contributed by atoms with E-state index in [-0.39, 0.29) is 19.1 Å². The van der Waals surface area contributed by atoms with E-state index in [1.165, 1.54) is 0 Å². The molecule has 0 radical (unpaired) electrons. The number of ether oxygens (including phenoxy) is 1. The van der Waals surface area contributed by atoms with Gasteiger partial charge in [0.05, 0.1) is 29.2 Å². The van der Waals surface area contributed by atoms with Crippen LogP contribution in [0.4, 0.5) is 16.2 Å². The minimum Gasteiger partial charge on any atom is -0.462 e. The molecule has 1 atom stereocenters. The molecule has 8 nitrogen and oxygen atoms in total. The molecule has 3 amide bonds. The lowest BCUT2D eigenvalue weighted by atomic mass is 9.97. The van der Waals surface area contributed by atoms with Crippen LogP contribution < -0.4 is 10.2 Å². The van der Waals surface area contributed by atoms with Gasteiger partial charge in [-0.1, -0.05) is 49.2 Å². The third-order valence-corrected chi connectivity index (χ3v) is 7.47. The molecule has 3 aromatic carbocycles. The zero-order chi connectivity index (χ0) is 29.6. The van der Waals surface area contributed by atoms with E-state index in [9.17, 15) is 14.4 Å². The number of aromatic nitrogens is 1. The number of nitrogens with zero attached hydrogens (tertiary/aromatic N) is 3. The van der Waals surface area contributed by atoms with Gasteiger partial charge < -0.3 is 19.5 Å². The van der Waals surface area contributed by atoms with Crippen molar-refractivity contribution in [2.75, 3.05) is 29.9 Å². The van der Waals surface area contributed by atoms with Crippen molar-refractivity contribution >= 4 is 40.9 Å². The molecule has 0 unspecified atom stereocenters. The minimum atomic E-state index is -0.422. The number of anilines is 2. The summed E-state index contributed by atoms with van der Waals surface area (Å²) in [5.74, 6) is -0.632. The second kappa shape index (κ2) is 13.0. The number of amides is 3. The molecule has 0 saturated carbocycles. The van der Waals surface area contributed by atoms with Crippen LogP contribution in [0.3, 0.4) is 0 Å². The van der Waals surface area contributed by atoms with E-state index in [0.29, 0.717) is 22.8 Å². The normalized spacial score (nSPS) is 13.6. The maximum Gasteiger partial charge on any atom is 0.338 e. The quantitative estimate of drug-likeness (QED) is 0.213. The Labute approximate surface area is 250 Å². The number of urea groups is 1. The highest BCUT2D eigenvalue weighted by Crippen LogP contribution is 2.42. The topological polar surface area (TPSA) is 83.9 Å². The lowest BCUT2D eigenvalue weighted by molar-refractivity contribution is -0.119. The summed E-state index contributed by atoms with van der Waals surface area (Å²) in [5.41, 5.74) is 4.42.